The average Bonchev–Trinajstić information content (AvgIpc) is 4.04. The van der Waals surface area contributed by atoms with E-state index in [2.05, 4.69) is 0 Å². The van der Waals surface area contributed by atoms with Gasteiger partial charge < -0.3 is 9.30 Å². The SMILES string of the molecule is [2H]c1c([2H])c([2H])c(-c2cccc(-c3c([2H])c([2H])c([2H])c([2H])c3[2H])c2-[n+]2cn(-c3cccc(Oc4ccc5c6ccccc6n(-c6nc7ccccc7n6C([2H])([2H])[2H])c5c4)c3)c3ccccc32)c([2H])c1[2H]. The van der Waals surface area contributed by atoms with Crippen molar-refractivity contribution in [3.8, 4) is 51.1 Å². The molecule has 0 bridgehead atoms. The summed E-state index contributed by atoms with van der Waals surface area (Å²) in [5, 5.41) is 1.75. The van der Waals surface area contributed by atoms with Gasteiger partial charge in [-0.2, -0.15) is 9.13 Å². The van der Waals surface area contributed by atoms with Gasteiger partial charge in [0.2, 0.25) is 5.95 Å². The van der Waals surface area contributed by atoms with Crippen molar-refractivity contribution in [2.45, 2.75) is 0 Å². The Morgan fingerprint density at radius 1 is 0.579 bits per heavy atom. The maximum absolute atomic E-state index is 9.00. The molecule has 3 heterocycles. The van der Waals surface area contributed by atoms with Gasteiger partial charge in [-0.25, -0.2) is 4.98 Å². The summed E-state index contributed by atoms with van der Waals surface area (Å²) in [7, 11) is 0. The molecule has 0 radical (unpaired) electrons. The molecule has 3 aromatic heterocycles. The van der Waals surface area contributed by atoms with Gasteiger partial charge in [0, 0.05) is 45.1 Å². The Balaban J connectivity index is 1.09. The maximum atomic E-state index is 9.00. The number of fused-ring (bicyclic) bond motifs is 5. The van der Waals surface area contributed by atoms with E-state index in [1.807, 2.05) is 100 Å². The highest BCUT2D eigenvalue weighted by Crippen LogP contribution is 2.37. The van der Waals surface area contributed by atoms with Crippen LogP contribution in [0.5, 0.6) is 11.5 Å². The van der Waals surface area contributed by atoms with Crippen LogP contribution < -0.4 is 9.30 Å². The average molecular weight is 748 g/mol. The van der Waals surface area contributed by atoms with Gasteiger partial charge in [0.1, 0.15) is 22.9 Å². The predicted octanol–water partition coefficient (Wildman–Crippen LogP) is 12.0. The second-order valence-electron chi connectivity index (χ2n) is 13.4. The summed E-state index contributed by atoms with van der Waals surface area (Å²) in [6.45, 7) is -2.55. The second-order valence-corrected chi connectivity index (χ2v) is 13.4. The first-order valence-corrected chi connectivity index (χ1v) is 18.1. The first-order valence-electron chi connectivity index (χ1n) is 24.6. The number of hydrogen-bond acceptors (Lipinski definition) is 2. The highest BCUT2D eigenvalue weighted by molar-refractivity contribution is 6.09. The Morgan fingerprint density at radius 3 is 2.00 bits per heavy atom. The molecule has 0 saturated carbocycles. The van der Waals surface area contributed by atoms with Crippen molar-refractivity contribution in [2.24, 2.45) is 6.98 Å². The Morgan fingerprint density at radius 2 is 1.23 bits per heavy atom. The monoisotopic (exact) mass is 747 g/mol. The third kappa shape index (κ3) is 5.41. The fourth-order valence-corrected chi connectivity index (χ4v) is 7.70. The summed E-state index contributed by atoms with van der Waals surface area (Å²) in [4.78, 5) is 4.85. The lowest BCUT2D eigenvalue weighted by Crippen LogP contribution is -2.30. The molecular formula is C51H36N5O+. The molecule has 6 heteroatoms. The molecule has 0 amide bonds. The van der Waals surface area contributed by atoms with Crippen molar-refractivity contribution >= 4 is 43.9 Å². The smallest absolute Gasteiger partial charge is 0.255 e. The van der Waals surface area contributed by atoms with Crippen LogP contribution in [0.15, 0.2) is 200 Å². The minimum Gasteiger partial charge on any atom is -0.457 e. The van der Waals surface area contributed by atoms with Crippen LogP contribution in [0, 0.1) is 0 Å². The van der Waals surface area contributed by atoms with E-state index in [9.17, 15) is 0 Å². The molecule has 0 aliphatic rings. The molecule has 11 aromatic rings. The molecule has 0 spiro atoms. The van der Waals surface area contributed by atoms with Crippen LogP contribution in [0.1, 0.15) is 17.8 Å². The Kier molecular flexibility index (Phi) is 5.12. The number of ether oxygens (including phenoxy) is 1. The van der Waals surface area contributed by atoms with Crippen LogP contribution in [-0.4, -0.2) is 18.7 Å². The van der Waals surface area contributed by atoms with Gasteiger partial charge in [-0.15, -0.1) is 0 Å². The molecule has 0 saturated heterocycles. The van der Waals surface area contributed by atoms with Gasteiger partial charge in [-0.05, 0) is 65.7 Å². The molecule has 0 aliphatic heterocycles. The molecule has 57 heavy (non-hydrogen) atoms. The number of aromatic nitrogens is 5. The number of benzene rings is 8. The van der Waals surface area contributed by atoms with Crippen molar-refractivity contribution in [3.63, 3.8) is 0 Å². The Hall–Kier alpha value is -7.70. The zero-order valence-electron chi connectivity index (χ0n) is 42.9. The molecule has 8 aromatic carbocycles. The third-order valence-electron chi connectivity index (χ3n) is 10.2. The van der Waals surface area contributed by atoms with Crippen molar-refractivity contribution in [2.75, 3.05) is 0 Å². The van der Waals surface area contributed by atoms with E-state index in [1.54, 1.807) is 53.4 Å². The molecule has 0 atom stereocenters. The van der Waals surface area contributed by atoms with E-state index < -0.39 is 67.4 Å². The second kappa shape index (κ2) is 13.3. The number of aryl methyl sites for hydroxylation is 1. The summed E-state index contributed by atoms with van der Waals surface area (Å²) >= 11 is 0. The molecule has 0 unspecified atom stereocenters. The molecule has 0 aliphatic carbocycles. The highest BCUT2D eigenvalue weighted by atomic mass is 16.5. The lowest BCUT2D eigenvalue weighted by atomic mass is 9.95. The topological polar surface area (TPSA) is 40.8 Å². The van der Waals surface area contributed by atoms with E-state index in [0.29, 0.717) is 44.8 Å². The van der Waals surface area contributed by atoms with Crippen molar-refractivity contribution in [1.29, 1.82) is 0 Å². The number of imidazole rings is 2. The van der Waals surface area contributed by atoms with E-state index in [-0.39, 0.29) is 33.9 Å². The van der Waals surface area contributed by atoms with E-state index in [0.717, 1.165) is 16.3 Å². The Labute approximate surface area is 347 Å². The van der Waals surface area contributed by atoms with Gasteiger partial charge >= 0.3 is 0 Å². The zero-order valence-corrected chi connectivity index (χ0v) is 29.9. The van der Waals surface area contributed by atoms with Crippen molar-refractivity contribution in [3.05, 3.63) is 200 Å². The van der Waals surface area contributed by atoms with E-state index in [1.165, 1.54) is 4.57 Å². The summed E-state index contributed by atoms with van der Waals surface area (Å²) in [5.74, 6) is 1.12. The van der Waals surface area contributed by atoms with Gasteiger partial charge in [-0.3, -0.25) is 4.57 Å². The van der Waals surface area contributed by atoms with Crippen LogP contribution in [0.25, 0.3) is 83.4 Å². The minimum absolute atomic E-state index is 0.137. The van der Waals surface area contributed by atoms with Gasteiger partial charge in [-0.1, -0.05) is 127 Å². The maximum Gasteiger partial charge on any atom is 0.255 e. The lowest BCUT2D eigenvalue weighted by molar-refractivity contribution is -0.566. The normalized spacial score (nSPS) is 15.1. The van der Waals surface area contributed by atoms with Gasteiger partial charge in [0.05, 0.1) is 35.8 Å². The third-order valence-corrected chi connectivity index (χ3v) is 10.2. The van der Waals surface area contributed by atoms with E-state index in [4.69, 9.17) is 27.5 Å². The fraction of sp³-hybridized carbons (Fsp3) is 0.0196. The Bertz CT molecular complexity index is 3860. The van der Waals surface area contributed by atoms with Crippen LogP contribution in [0.4, 0.5) is 0 Å². The standard InChI is InChI=1S/C51H36N5O/c1-53-46-27-11-9-25-44(46)52-51(53)56-45-26-10-8-22-42(45)43-31-30-39(33-49(43)56)57-38-21-14-20-37(32-38)54-34-55(48-29-13-12-28-47(48)54)50-40(35-16-4-2-5-17-35)23-15-24-41(50)36-18-6-3-7-19-36/h2-34H,1H3/q+1/i1D3,2D,3D,4D,5D,6D,7D,16D,17D,18D,19D. The number of para-hydroxylation sites is 6. The molecule has 0 N–H and O–H groups in total. The largest absolute Gasteiger partial charge is 0.457 e. The summed E-state index contributed by atoms with van der Waals surface area (Å²) in [5.41, 5.74) is 4.53. The van der Waals surface area contributed by atoms with Crippen LogP contribution in [0.2, 0.25) is 0 Å². The minimum atomic E-state index is -2.55. The summed E-state index contributed by atoms with van der Waals surface area (Å²) in [6.07, 6.45) is 1.73. The highest BCUT2D eigenvalue weighted by Gasteiger charge is 2.25. The molecule has 0 fully saturated rings. The molecule has 11 rings (SSSR count). The molecule has 6 nitrogen and oxygen atoms in total. The number of rotatable bonds is 7. The fourth-order valence-electron chi connectivity index (χ4n) is 7.70. The first-order chi connectivity index (χ1) is 33.5. The van der Waals surface area contributed by atoms with Crippen LogP contribution >= 0.6 is 0 Å². The number of nitrogens with zero attached hydrogens (tertiary/aromatic N) is 5. The van der Waals surface area contributed by atoms with Gasteiger partial charge in [0.25, 0.3) is 6.33 Å². The molecular weight excluding hydrogens is 699 g/mol. The summed E-state index contributed by atoms with van der Waals surface area (Å²) in [6, 6.07) is 34.5. The van der Waals surface area contributed by atoms with Crippen LogP contribution in [-0.2, 0) is 6.98 Å². The number of hydrogen-bond donors (Lipinski definition) is 0. The summed E-state index contributed by atoms with van der Waals surface area (Å²) < 4.78 is 126. The van der Waals surface area contributed by atoms with Crippen molar-refractivity contribution in [1.82, 2.24) is 18.7 Å². The predicted molar refractivity (Wildman–Crippen MR) is 231 cm³/mol. The van der Waals surface area contributed by atoms with E-state index >= 15 is 0 Å². The van der Waals surface area contributed by atoms with Crippen LogP contribution in [0.3, 0.4) is 0 Å². The quantitative estimate of drug-likeness (QED) is 0.152. The van der Waals surface area contributed by atoms with Crippen molar-refractivity contribution < 1.29 is 27.1 Å². The molecule has 270 valence electrons. The first kappa shape index (κ1) is 22.0. The van der Waals surface area contributed by atoms with Gasteiger partial charge in [0.15, 0.2) is 11.0 Å². The zero-order chi connectivity index (χ0) is 49.1. The lowest BCUT2D eigenvalue weighted by Gasteiger charge is -2.13.